The van der Waals surface area contributed by atoms with Crippen molar-refractivity contribution in [3.05, 3.63) is 39.7 Å². The molecule has 0 radical (unpaired) electrons. The molecule has 0 bridgehead atoms. The number of carbonyl (C=O) groups excluding carboxylic acids is 1. The molecule has 2 rings (SSSR count). The lowest BCUT2D eigenvalue weighted by atomic mass is 10.1. The molecule has 1 aromatic carbocycles. The van der Waals surface area contributed by atoms with Gasteiger partial charge in [0.2, 0.25) is 5.91 Å². The Morgan fingerprint density at radius 2 is 1.82 bits per heavy atom. The molecule has 3 nitrogen and oxygen atoms in total. The van der Waals surface area contributed by atoms with Gasteiger partial charge >= 0.3 is 0 Å². The number of amides is 1. The second-order valence-electron chi connectivity index (χ2n) is 5.63. The van der Waals surface area contributed by atoms with E-state index >= 15 is 0 Å². The summed E-state index contributed by atoms with van der Waals surface area (Å²) in [6.07, 6.45) is 2.34. The zero-order valence-electron chi connectivity index (χ0n) is 13.8. The molecule has 1 heterocycles. The van der Waals surface area contributed by atoms with E-state index in [-0.39, 0.29) is 11.9 Å². The number of nitrogens with zero attached hydrogens (tertiary/aromatic N) is 1. The van der Waals surface area contributed by atoms with Crippen LogP contribution in [0.5, 0.6) is 0 Å². The first-order valence-corrected chi connectivity index (χ1v) is 8.67. The van der Waals surface area contributed by atoms with E-state index in [2.05, 4.69) is 55.3 Å². The highest BCUT2D eigenvalue weighted by atomic mass is 32.1. The van der Waals surface area contributed by atoms with E-state index < -0.39 is 0 Å². The average Bonchev–Trinajstić information content (AvgIpc) is 2.86. The molecule has 4 heteroatoms. The number of benzene rings is 1. The van der Waals surface area contributed by atoms with Crippen LogP contribution >= 0.6 is 11.3 Å². The van der Waals surface area contributed by atoms with Crippen molar-refractivity contribution in [1.29, 1.82) is 0 Å². The number of thiazole rings is 1. The molecule has 1 aromatic heterocycles. The topological polar surface area (TPSA) is 42.0 Å². The van der Waals surface area contributed by atoms with E-state index in [0.29, 0.717) is 6.42 Å². The average molecular weight is 316 g/mol. The van der Waals surface area contributed by atoms with Crippen molar-refractivity contribution in [2.75, 3.05) is 0 Å². The van der Waals surface area contributed by atoms with Crippen LogP contribution in [0, 0.1) is 13.8 Å². The Labute approximate surface area is 136 Å². The zero-order valence-corrected chi connectivity index (χ0v) is 14.6. The lowest BCUT2D eigenvalue weighted by Gasteiger charge is -2.14. The maximum absolute atomic E-state index is 12.3. The number of hydrogen-bond acceptors (Lipinski definition) is 3. The minimum atomic E-state index is 0.0886. The van der Waals surface area contributed by atoms with Gasteiger partial charge in [-0.25, -0.2) is 4.98 Å². The maximum Gasteiger partial charge on any atom is 0.225 e. The van der Waals surface area contributed by atoms with Crippen LogP contribution < -0.4 is 5.32 Å². The van der Waals surface area contributed by atoms with Gasteiger partial charge in [0, 0.05) is 16.5 Å². The summed E-state index contributed by atoms with van der Waals surface area (Å²) < 4.78 is 0. The summed E-state index contributed by atoms with van der Waals surface area (Å²) in [5.74, 6) is 0.0886. The molecule has 1 amide bonds. The van der Waals surface area contributed by atoms with E-state index in [4.69, 9.17) is 0 Å². The summed E-state index contributed by atoms with van der Waals surface area (Å²) in [6.45, 7) is 8.26. The van der Waals surface area contributed by atoms with Gasteiger partial charge in [-0.1, -0.05) is 43.7 Å². The molecule has 1 N–H and O–H groups in total. The summed E-state index contributed by atoms with van der Waals surface area (Å²) in [6, 6.07) is 8.58. The van der Waals surface area contributed by atoms with Crippen LogP contribution in [0.3, 0.4) is 0 Å². The Morgan fingerprint density at radius 3 is 2.41 bits per heavy atom. The van der Waals surface area contributed by atoms with Crippen molar-refractivity contribution >= 4 is 17.2 Å². The van der Waals surface area contributed by atoms with Crippen molar-refractivity contribution in [1.82, 2.24) is 10.3 Å². The molecule has 2 aromatic rings. The molecular weight excluding hydrogens is 292 g/mol. The monoisotopic (exact) mass is 316 g/mol. The van der Waals surface area contributed by atoms with Gasteiger partial charge in [0.1, 0.15) is 0 Å². The molecule has 0 aliphatic rings. The largest absolute Gasteiger partial charge is 0.353 e. The van der Waals surface area contributed by atoms with E-state index in [1.54, 1.807) is 11.3 Å². The van der Waals surface area contributed by atoms with Crippen LogP contribution in [0.1, 0.15) is 42.1 Å². The normalized spacial score (nSPS) is 11.0. The lowest BCUT2D eigenvalue weighted by Crippen LogP contribution is -2.34. The molecule has 22 heavy (non-hydrogen) atoms. The predicted octanol–water partition coefficient (Wildman–Crippen LogP) is 4.27. The van der Waals surface area contributed by atoms with Gasteiger partial charge in [-0.3, -0.25) is 4.79 Å². The molecule has 0 unspecified atom stereocenters. The Morgan fingerprint density at radius 1 is 1.18 bits per heavy atom. The Kier molecular flexibility index (Phi) is 5.72. The second kappa shape index (κ2) is 7.54. The van der Waals surface area contributed by atoms with Gasteiger partial charge in [-0.15, -0.1) is 11.3 Å². The maximum atomic E-state index is 12.3. The highest BCUT2D eigenvalue weighted by molar-refractivity contribution is 7.12. The van der Waals surface area contributed by atoms with Gasteiger partial charge in [-0.2, -0.15) is 0 Å². The van der Waals surface area contributed by atoms with Crippen LogP contribution in [-0.4, -0.2) is 16.9 Å². The number of carbonyl (C=O) groups is 1. The van der Waals surface area contributed by atoms with Gasteiger partial charge in [0.25, 0.3) is 0 Å². The van der Waals surface area contributed by atoms with Gasteiger partial charge in [0.15, 0.2) is 0 Å². The smallest absolute Gasteiger partial charge is 0.225 e. The van der Waals surface area contributed by atoms with E-state index in [9.17, 15) is 4.79 Å². The standard InChI is InChI=1S/C18H24N2OS/c1-5-15(6-2)20-17(21)11-16-18(19-13(4)22-16)14-9-7-12(3)8-10-14/h7-10,15H,5-6,11H2,1-4H3,(H,20,21). The van der Waals surface area contributed by atoms with Crippen molar-refractivity contribution in [3.63, 3.8) is 0 Å². The summed E-state index contributed by atoms with van der Waals surface area (Å²) >= 11 is 1.61. The number of aromatic nitrogens is 1. The SMILES string of the molecule is CCC(CC)NC(=O)Cc1sc(C)nc1-c1ccc(C)cc1. The molecule has 0 fully saturated rings. The molecule has 0 aliphatic heterocycles. The number of rotatable bonds is 6. The van der Waals surface area contributed by atoms with Crippen molar-refractivity contribution < 1.29 is 4.79 Å². The molecule has 118 valence electrons. The fraction of sp³-hybridized carbons (Fsp3) is 0.444. The minimum absolute atomic E-state index is 0.0886. The van der Waals surface area contributed by atoms with Gasteiger partial charge < -0.3 is 5.32 Å². The summed E-state index contributed by atoms with van der Waals surface area (Å²) in [7, 11) is 0. The lowest BCUT2D eigenvalue weighted by molar-refractivity contribution is -0.121. The number of nitrogens with one attached hydrogen (secondary N) is 1. The first kappa shape index (κ1) is 16.7. The molecule has 0 atom stereocenters. The Hall–Kier alpha value is -1.68. The zero-order chi connectivity index (χ0) is 16.1. The fourth-order valence-electron chi connectivity index (χ4n) is 2.44. The van der Waals surface area contributed by atoms with Crippen LogP contribution in [0.15, 0.2) is 24.3 Å². The summed E-state index contributed by atoms with van der Waals surface area (Å²) in [5.41, 5.74) is 3.26. The third kappa shape index (κ3) is 4.17. The number of aryl methyl sites for hydroxylation is 2. The van der Waals surface area contributed by atoms with Gasteiger partial charge in [0.05, 0.1) is 17.1 Å². The summed E-state index contributed by atoms with van der Waals surface area (Å²) in [5, 5.41) is 4.10. The van der Waals surface area contributed by atoms with E-state index in [1.165, 1.54) is 5.56 Å². The molecule has 0 saturated heterocycles. The Bertz CT molecular complexity index is 627. The third-order valence-corrected chi connectivity index (χ3v) is 4.77. The van der Waals surface area contributed by atoms with Crippen LogP contribution in [-0.2, 0) is 11.2 Å². The number of hydrogen-bond donors (Lipinski definition) is 1. The highest BCUT2D eigenvalue weighted by Gasteiger charge is 2.16. The van der Waals surface area contributed by atoms with Crippen LogP contribution in [0.2, 0.25) is 0 Å². The molecule has 0 spiro atoms. The van der Waals surface area contributed by atoms with Crippen molar-refractivity contribution in [2.24, 2.45) is 0 Å². The predicted molar refractivity (Wildman–Crippen MR) is 93.2 cm³/mol. The molecule has 0 saturated carbocycles. The van der Waals surface area contributed by atoms with Crippen molar-refractivity contribution in [3.8, 4) is 11.3 Å². The first-order valence-electron chi connectivity index (χ1n) is 7.86. The third-order valence-electron chi connectivity index (χ3n) is 3.80. The van der Waals surface area contributed by atoms with E-state index in [1.807, 2.05) is 6.92 Å². The highest BCUT2D eigenvalue weighted by Crippen LogP contribution is 2.28. The van der Waals surface area contributed by atoms with Gasteiger partial charge in [-0.05, 0) is 26.7 Å². The second-order valence-corrected chi connectivity index (χ2v) is 6.92. The van der Waals surface area contributed by atoms with Crippen LogP contribution in [0.25, 0.3) is 11.3 Å². The molecular formula is C18H24N2OS. The minimum Gasteiger partial charge on any atom is -0.353 e. The van der Waals surface area contributed by atoms with Crippen molar-refractivity contribution in [2.45, 2.75) is 53.0 Å². The van der Waals surface area contributed by atoms with Crippen LogP contribution in [0.4, 0.5) is 0 Å². The summed E-state index contributed by atoms with van der Waals surface area (Å²) in [4.78, 5) is 17.9. The Balaban J connectivity index is 2.18. The fourth-order valence-corrected chi connectivity index (χ4v) is 3.40. The molecule has 0 aliphatic carbocycles. The van der Waals surface area contributed by atoms with E-state index in [0.717, 1.165) is 34.0 Å². The first-order chi connectivity index (χ1) is 10.5. The quantitative estimate of drug-likeness (QED) is 0.864.